The summed E-state index contributed by atoms with van der Waals surface area (Å²) < 4.78 is 5.55. The second kappa shape index (κ2) is 5.37. The van der Waals surface area contributed by atoms with Gasteiger partial charge in [0.2, 0.25) is 0 Å². The van der Waals surface area contributed by atoms with Crippen molar-refractivity contribution in [3.05, 3.63) is 41.2 Å². The molecule has 0 bridgehead atoms. The van der Waals surface area contributed by atoms with Gasteiger partial charge in [-0.25, -0.2) is 0 Å². The maximum absolute atomic E-state index is 10.9. The zero-order valence-corrected chi connectivity index (χ0v) is 12.5. The van der Waals surface area contributed by atoms with Gasteiger partial charge in [-0.1, -0.05) is 12.1 Å². The summed E-state index contributed by atoms with van der Waals surface area (Å²) in [5.41, 5.74) is 2.31. The van der Waals surface area contributed by atoms with Gasteiger partial charge in [0.1, 0.15) is 17.0 Å². The molecule has 2 aliphatic rings. The molecule has 1 fully saturated rings. The number of fused-ring (bicyclic) bond motifs is 1. The predicted octanol–water partition coefficient (Wildman–Crippen LogP) is 1.22. The minimum Gasteiger partial charge on any atom is -0.493 e. The Morgan fingerprint density at radius 2 is 2.36 bits per heavy atom. The number of hydrogen-bond acceptors (Lipinski definition) is 5. The first kappa shape index (κ1) is 13.7. The van der Waals surface area contributed by atoms with E-state index < -0.39 is 5.60 Å². The zero-order chi connectivity index (χ0) is 15.0. The van der Waals surface area contributed by atoms with Crippen LogP contribution in [0.15, 0.2) is 24.4 Å². The molecular formula is C16H20N4O2. The van der Waals surface area contributed by atoms with Gasteiger partial charge in [-0.3, -0.25) is 4.90 Å². The molecule has 1 saturated heterocycles. The van der Waals surface area contributed by atoms with Gasteiger partial charge in [0.25, 0.3) is 0 Å². The number of hydrogen-bond donors (Lipinski definition) is 2. The van der Waals surface area contributed by atoms with Crippen molar-refractivity contribution >= 4 is 0 Å². The molecule has 2 N–H and O–H groups in total. The third-order valence-electron chi connectivity index (χ3n) is 4.60. The van der Waals surface area contributed by atoms with E-state index in [-0.39, 0.29) is 0 Å². The van der Waals surface area contributed by atoms with Crippen molar-refractivity contribution in [1.82, 2.24) is 20.3 Å². The van der Waals surface area contributed by atoms with Crippen molar-refractivity contribution in [3.8, 4) is 5.75 Å². The fourth-order valence-electron chi connectivity index (χ4n) is 3.49. The molecule has 0 radical (unpaired) electrons. The average molecular weight is 300 g/mol. The summed E-state index contributed by atoms with van der Waals surface area (Å²) in [6.45, 7) is 3.21. The molecule has 1 atom stereocenters. The fourth-order valence-corrected chi connectivity index (χ4v) is 3.49. The SMILES string of the molecule is OC1(c2cn[nH]n2)CCCN(Cc2ccc3c(c2)CCO3)C1. The standard InChI is InChI=1S/C16H20N4O2/c21-16(15-9-17-19-18-15)5-1-6-20(11-16)10-12-2-3-14-13(8-12)4-7-22-14/h2-3,8-9,21H,1,4-7,10-11H2,(H,17,18,19). The Kier molecular flexibility index (Phi) is 3.35. The lowest BCUT2D eigenvalue weighted by Crippen LogP contribution is -2.45. The fraction of sp³-hybridized carbons (Fsp3) is 0.500. The van der Waals surface area contributed by atoms with Gasteiger partial charge in [-0.05, 0) is 36.6 Å². The first-order chi connectivity index (χ1) is 10.7. The number of aromatic nitrogens is 3. The Morgan fingerprint density at radius 3 is 3.23 bits per heavy atom. The van der Waals surface area contributed by atoms with Crippen LogP contribution in [0.5, 0.6) is 5.75 Å². The van der Waals surface area contributed by atoms with Crippen molar-refractivity contribution in [2.24, 2.45) is 0 Å². The molecule has 0 aliphatic carbocycles. The number of H-pyrrole nitrogens is 1. The highest BCUT2D eigenvalue weighted by atomic mass is 16.5. The van der Waals surface area contributed by atoms with Gasteiger partial charge >= 0.3 is 0 Å². The molecule has 3 heterocycles. The number of β-amino-alcohol motifs (C(OH)–C–C–N with tert-alkyl or cyclic N) is 1. The Morgan fingerprint density at radius 1 is 1.41 bits per heavy atom. The molecule has 0 amide bonds. The highest BCUT2D eigenvalue weighted by Gasteiger charge is 2.37. The molecule has 1 aromatic carbocycles. The predicted molar refractivity (Wildman–Crippen MR) is 80.4 cm³/mol. The average Bonchev–Trinajstić information content (AvgIpc) is 3.19. The van der Waals surface area contributed by atoms with Crippen LogP contribution >= 0.6 is 0 Å². The van der Waals surface area contributed by atoms with E-state index in [1.54, 1.807) is 6.20 Å². The number of aromatic amines is 1. The molecule has 1 aromatic heterocycles. The van der Waals surface area contributed by atoms with Crippen molar-refractivity contribution in [3.63, 3.8) is 0 Å². The van der Waals surface area contributed by atoms with Crippen molar-refractivity contribution in [2.45, 2.75) is 31.4 Å². The van der Waals surface area contributed by atoms with Gasteiger partial charge in [-0.15, -0.1) is 0 Å². The smallest absolute Gasteiger partial charge is 0.123 e. The van der Waals surface area contributed by atoms with Crippen LogP contribution in [0.3, 0.4) is 0 Å². The third kappa shape index (κ3) is 2.48. The summed E-state index contributed by atoms with van der Waals surface area (Å²) >= 11 is 0. The quantitative estimate of drug-likeness (QED) is 0.891. The molecule has 4 rings (SSSR count). The van der Waals surface area contributed by atoms with Crippen LogP contribution in [0.4, 0.5) is 0 Å². The number of ether oxygens (including phenoxy) is 1. The van der Waals surface area contributed by atoms with Crippen molar-refractivity contribution in [2.75, 3.05) is 19.7 Å². The van der Waals surface area contributed by atoms with E-state index in [9.17, 15) is 5.11 Å². The first-order valence-electron chi connectivity index (χ1n) is 7.79. The topological polar surface area (TPSA) is 74.3 Å². The summed E-state index contributed by atoms with van der Waals surface area (Å²) in [5.74, 6) is 1.02. The van der Waals surface area contributed by atoms with Crippen LogP contribution in [-0.2, 0) is 18.6 Å². The second-order valence-electron chi connectivity index (χ2n) is 6.24. The van der Waals surface area contributed by atoms with Gasteiger partial charge in [0, 0.05) is 19.5 Å². The maximum Gasteiger partial charge on any atom is 0.123 e. The number of benzene rings is 1. The van der Waals surface area contributed by atoms with Crippen LogP contribution in [-0.4, -0.2) is 45.1 Å². The van der Waals surface area contributed by atoms with Crippen LogP contribution in [0.2, 0.25) is 0 Å². The van der Waals surface area contributed by atoms with Gasteiger partial charge in [0.05, 0.1) is 12.8 Å². The summed E-state index contributed by atoms with van der Waals surface area (Å²) in [7, 11) is 0. The van der Waals surface area contributed by atoms with E-state index in [1.807, 2.05) is 0 Å². The molecule has 0 saturated carbocycles. The van der Waals surface area contributed by atoms with E-state index in [1.165, 1.54) is 11.1 Å². The Balaban J connectivity index is 1.49. The molecule has 2 aromatic rings. The molecule has 1 unspecified atom stereocenters. The van der Waals surface area contributed by atoms with Crippen LogP contribution in [0.1, 0.15) is 29.7 Å². The Labute approximate surface area is 129 Å². The van der Waals surface area contributed by atoms with Gasteiger partial charge < -0.3 is 9.84 Å². The van der Waals surface area contributed by atoms with E-state index in [2.05, 4.69) is 38.5 Å². The monoisotopic (exact) mass is 300 g/mol. The maximum atomic E-state index is 10.9. The Hall–Kier alpha value is -1.92. The number of piperidine rings is 1. The minimum absolute atomic E-state index is 0.590. The number of nitrogens with zero attached hydrogens (tertiary/aromatic N) is 3. The molecule has 22 heavy (non-hydrogen) atoms. The molecular weight excluding hydrogens is 280 g/mol. The van der Waals surface area contributed by atoms with Gasteiger partial charge in [0.15, 0.2) is 0 Å². The lowest BCUT2D eigenvalue weighted by atomic mass is 9.90. The second-order valence-corrected chi connectivity index (χ2v) is 6.24. The lowest BCUT2D eigenvalue weighted by Gasteiger charge is -2.38. The highest BCUT2D eigenvalue weighted by Crippen LogP contribution is 2.31. The third-order valence-corrected chi connectivity index (χ3v) is 4.60. The molecule has 6 heteroatoms. The lowest BCUT2D eigenvalue weighted by molar-refractivity contribution is -0.0414. The summed E-state index contributed by atoms with van der Waals surface area (Å²) in [4.78, 5) is 2.29. The molecule has 6 nitrogen and oxygen atoms in total. The number of rotatable bonds is 3. The molecule has 0 spiro atoms. The Bertz CT molecular complexity index is 658. The van der Waals surface area contributed by atoms with Crippen LogP contribution in [0, 0.1) is 0 Å². The van der Waals surface area contributed by atoms with Crippen molar-refractivity contribution < 1.29 is 9.84 Å². The summed E-state index contributed by atoms with van der Waals surface area (Å²) in [5, 5.41) is 21.3. The molecule has 2 aliphatic heterocycles. The largest absolute Gasteiger partial charge is 0.493 e. The van der Waals surface area contributed by atoms with E-state index in [0.717, 1.165) is 44.7 Å². The minimum atomic E-state index is -0.898. The highest BCUT2D eigenvalue weighted by molar-refractivity contribution is 5.39. The zero-order valence-electron chi connectivity index (χ0n) is 12.5. The normalized spacial score (nSPS) is 25.0. The summed E-state index contributed by atoms with van der Waals surface area (Å²) in [6.07, 6.45) is 4.30. The van der Waals surface area contributed by atoms with E-state index in [0.29, 0.717) is 12.2 Å². The van der Waals surface area contributed by atoms with E-state index >= 15 is 0 Å². The number of aliphatic hydroxyl groups is 1. The van der Waals surface area contributed by atoms with Crippen molar-refractivity contribution in [1.29, 1.82) is 0 Å². The first-order valence-corrected chi connectivity index (χ1v) is 7.79. The van der Waals surface area contributed by atoms with Crippen LogP contribution in [0.25, 0.3) is 0 Å². The number of likely N-dealkylation sites (tertiary alicyclic amines) is 1. The van der Waals surface area contributed by atoms with Crippen LogP contribution < -0.4 is 4.74 Å². The van der Waals surface area contributed by atoms with Gasteiger partial charge in [-0.2, -0.15) is 15.4 Å². The van der Waals surface area contributed by atoms with E-state index in [4.69, 9.17) is 4.74 Å². The summed E-state index contributed by atoms with van der Waals surface area (Å²) in [6, 6.07) is 6.41. The molecule has 116 valence electrons. The number of nitrogens with one attached hydrogen (secondary N) is 1.